The van der Waals surface area contributed by atoms with Crippen LogP contribution in [0.5, 0.6) is 5.75 Å². The summed E-state index contributed by atoms with van der Waals surface area (Å²) in [6, 6.07) is 15.4. The SMILES string of the molecule is CCCC(=O)Nc1cccc(SC(CC)C(=O)Nc2nc(-c3ccc(OCC)cc3)cs2)c1. The molecule has 0 bridgehead atoms. The maximum absolute atomic E-state index is 12.9. The molecule has 0 radical (unpaired) electrons. The van der Waals surface area contributed by atoms with Gasteiger partial charge >= 0.3 is 0 Å². The number of anilines is 2. The minimum absolute atomic E-state index is 0.00321. The topological polar surface area (TPSA) is 80.3 Å². The van der Waals surface area contributed by atoms with Crippen molar-refractivity contribution in [3.63, 3.8) is 0 Å². The molecule has 0 aliphatic heterocycles. The zero-order valence-electron chi connectivity index (χ0n) is 19.1. The second-order valence-corrected chi connectivity index (χ2v) is 9.46. The molecule has 0 saturated heterocycles. The number of thioether (sulfide) groups is 1. The van der Waals surface area contributed by atoms with E-state index in [9.17, 15) is 9.59 Å². The van der Waals surface area contributed by atoms with Crippen LogP contribution in [0.25, 0.3) is 11.3 Å². The van der Waals surface area contributed by atoms with E-state index in [4.69, 9.17) is 4.74 Å². The summed E-state index contributed by atoms with van der Waals surface area (Å²) in [5.41, 5.74) is 2.53. The van der Waals surface area contributed by atoms with Gasteiger partial charge < -0.3 is 15.4 Å². The Balaban J connectivity index is 1.62. The van der Waals surface area contributed by atoms with Crippen molar-refractivity contribution in [2.24, 2.45) is 0 Å². The molecule has 0 saturated carbocycles. The summed E-state index contributed by atoms with van der Waals surface area (Å²) >= 11 is 2.88. The third-order valence-corrected chi connectivity index (χ3v) is 6.85. The molecule has 8 heteroatoms. The van der Waals surface area contributed by atoms with Gasteiger partial charge in [-0.05, 0) is 62.2 Å². The largest absolute Gasteiger partial charge is 0.494 e. The van der Waals surface area contributed by atoms with Gasteiger partial charge in [0.25, 0.3) is 0 Å². The number of nitrogens with zero attached hydrogens (tertiary/aromatic N) is 1. The molecule has 1 aromatic heterocycles. The van der Waals surface area contributed by atoms with E-state index in [-0.39, 0.29) is 17.1 Å². The highest BCUT2D eigenvalue weighted by atomic mass is 32.2. The quantitative estimate of drug-likeness (QED) is 0.306. The Morgan fingerprint density at radius 3 is 2.58 bits per heavy atom. The van der Waals surface area contributed by atoms with Crippen LogP contribution in [0.1, 0.15) is 40.0 Å². The fourth-order valence-electron chi connectivity index (χ4n) is 3.12. The van der Waals surface area contributed by atoms with Crippen molar-refractivity contribution < 1.29 is 14.3 Å². The van der Waals surface area contributed by atoms with Gasteiger partial charge in [0.05, 0.1) is 17.6 Å². The highest BCUT2D eigenvalue weighted by Gasteiger charge is 2.20. The molecule has 2 amide bonds. The number of nitrogens with one attached hydrogen (secondary N) is 2. The standard InChI is InChI=1S/C25H29N3O3S2/c1-4-8-23(29)26-18-9-7-10-20(15-18)33-22(5-2)24(30)28-25-27-21(16-32-25)17-11-13-19(14-12-17)31-6-3/h7,9-16,22H,4-6,8H2,1-3H3,(H,26,29)(H,27,28,30). The smallest absolute Gasteiger partial charge is 0.239 e. The molecule has 1 atom stereocenters. The first-order chi connectivity index (χ1) is 16.0. The van der Waals surface area contributed by atoms with Gasteiger partial charge in [0.2, 0.25) is 11.8 Å². The van der Waals surface area contributed by atoms with Crippen molar-refractivity contribution in [2.75, 3.05) is 17.2 Å². The van der Waals surface area contributed by atoms with Gasteiger partial charge in [0.1, 0.15) is 5.75 Å². The lowest BCUT2D eigenvalue weighted by Gasteiger charge is -2.14. The van der Waals surface area contributed by atoms with Crippen molar-refractivity contribution >= 4 is 45.7 Å². The second kappa shape index (κ2) is 12.4. The molecule has 6 nitrogen and oxygen atoms in total. The summed E-state index contributed by atoms with van der Waals surface area (Å²) in [4.78, 5) is 30.3. The molecule has 0 fully saturated rings. The molecule has 2 aromatic carbocycles. The zero-order valence-corrected chi connectivity index (χ0v) is 20.7. The van der Waals surface area contributed by atoms with E-state index < -0.39 is 0 Å². The Morgan fingerprint density at radius 1 is 1.09 bits per heavy atom. The summed E-state index contributed by atoms with van der Waals surface area (Å²) in [5, 5.41) is 8.09. The van der Waals surface area contributed by atoms with Crippen LogP contribution in [0.4, 0.5) is 10.8 Å². The summed E-state index contributed by atoms with van der Waals surface area (Å²) in [6.07, 6.45) is 1.96. The van der Waals surface area contributed by atoms with E-state index in [0.29, 0.717) is 24.6 Å². The molecule has 3 rings (SSSR count). The van der Waals surface area contributed by atoms with Crippen LogP contribution in [0.2, 0.25) is 0 Å². The Morgan fingerprint density at radius 2 is 1.88 bits per heavy atom. The molecule has 2 N–H and O–H groups in total. The van der Waals surface area contributed by atoms with Crippen LogP contribution in [0.15, 0.2) is 58.8 Å². The Kier molecular flexibility index (Phi) is 9.33. The third-order valence-electron chi connectivity index (χ3n) is 4.73. The van der Waals surface area contributed by atoms with Crippen LogP contribution in [0.3, 0.4) is 0 Å². The number of carbonyl (C=O) groups is 2. The second-order valence-electron chi connectivity index (χ2n) is 7.33. The van der Waals surface area contributed by atoms with E-state index in [2.05, 4.69) is 15.6 Å². The van der Waals surface area contributed by atoms with E-state index in [1.54, 1.807) is 0 Å². The molecular weight excluding hydrogens is 454 g/mol. The number of benzene rings is 2. The number of ether oxygens (including phenoxy) is 1. The highest BCUT2D eigenvalue weighted by Crippen LogP contribution is 2.30. The molecule has 0 aliphatic carbocycles. The predicted octanol–water partition coefficient (Wildman–Crippen LogP) is 6.46. The normalized spacial score (nSPS) is 11.6. The van der Waals surface area contributed by atoms with E-state index in [1.807, 2.05) is 74.7 Å². The number of hydrogen-bond acceptors (Lipinski definition) is 6. The number of aromatic nitrogens is 1. The average molecular weight is 484 g/mol. The molecule has 1 heterocycles. The summed E-state index contributed by atoms with van der Waals surface area (Å²) < 4.78 is 5.48. The minimum Gasteiger partial charge on any atom is -0.494 e. The number of rotatable bonds is 11. The number of hydrogen-bond donors (Lipinski definition) is 2. The Bertz CT molecular complexity index is 1070. The van der Waals surface area contributed by atoms with Crippen LogP contribution in [-0.4, -0.2) is 28.7 Å². The van der Waals surface area contributed by atoms with Crippen LogP contribution in [-0.2, 0) is 9.59 Å². The molecule has 174 valence electrons. The first kappa shape index (κ1) is 24.8. The van der Waals surface area contributed by atoms with Crippen LogP contribution in [0, 0.1) is 0 Å². The van der Waals surface area contributed by atoms with Crippen molar-refractivity contribution in [2.45, 2.75) is 50.2 Å². The number of thiazole rings is 1. The highest BCUT2D eigenvalue weighted by molar-refractivity contribution is 8.00. The molecule has 0 aliphatic rings. The molecular formula is C25H29N3O3S2. The molecule has 3 aromatic rings. The first-order valence-electron chi connectivity index (χ1n) is 11.1. The Hall–Kier alpha value is -2.84. The average Bonchev–Trinajstić information content (AvgIpc) is 3.27. The Labute approximate surface area is 203 Å². The maximum Gasteiger partial charge on any atom is 0.239 e. The van der Waals surface area contributed by atoms with E-state index >= 15 is 0 Å². The van der Waals surface area contributed by atoms with Crippen molar-refractivity contribution in [3.8, 4) is 17.0 Å². The minimum atomic E-state index is -0.274. The van der Waals surface area contributed by atoms with E-state index in [1.165, 1.54) is 23.1 Å². The monoisotopic (exact) mass is 483 g/mol. The van der Waals surface area contributed by atoms with Gasteiger partial charge in [-0.1, -0.05) is 19.9 Å². The fourth-order valence-corrected chi connectivity index (χ4v) is 4.86. The lowest BCUT2D eigenvalue weighted by Crippen LogP contribution is -2.24. The van der Waals surface area contributed by atoms with Gasteiger partial charge in [-0.15, -0.1) is 23.1 Å². The van der Waals surface area contributed by atoms with Crippen molar-refractivity contribution in [3.05, 3.63) is 53.9 Å². The molecule has 0 spiro atoms. The van der Waals surface area contributed by atoms with Crippen LogP contribution < -0.4 is 15.4 Å². The summed E-state index contributed by atoms with van der Waals surface area (Å²) in [6.45, 7) is 6.53. The van der Waals surface area contributed by atoms with Gasteiger partial charge in [0.15, 0.2) is 5.13 Å². The molecule has 1 unspecified atom stereocenters. The number of carbonyl (C=O) groups excluding carboxylic acids is 2. The zero-order chi connectivity index (χ0) is 23.6. The lowest BCUT2D eigenvalue weighted by molar-refractivity contribution is -0.116. The van der Waals surface area contributed by atoms with Crippen molar-refractivity contribution in [1.82, 2.24) is 4.98 Å². The summed E-state index contributed by atoms with van der Waals surface area (Å²) in [7, 11) is 0. The first-order valence-corrected chi connectivity index (χ1v) is 12.8. The maximum atomic E-state index is 12.9. The van der Waals surface area contributed by atoms with Gasteiger partial charge in [-0.2, -0.15) is 0 Å². The third kappa shape index (κ3) is 7.33. The molecule has 33 heavy (non-hydrogen) atoms. The number of amides is 2. The predicted molar refractivity (Wildman–Crippen MR) is 137 cm³/mol. The van der Waals surface area contributed by atoms with Gasteiger partial charge in [0, 0.05) is 27.9 Å². The lowest BCUT2D eigenvalue weighted by atomic mass is 10.2. The summed E-state index contributed by atoms with van der Waals surface area (Å²) in [5.74, 6) is 0.730. The van der Waals surface area contributed by atoms with Crippen LogP contribution >= 0.6 is 23.1 Å². The van der Waals surface area contributed by atoms with Gasteiger partial charge in [-0.3, -0.25) is 9.59 Å². The fraction of sp³-hybridized carbons (Fsp3) is 0.320. The van der Waals surface area contributed by atoms with Gasteiger partial charge in [-0.25, -0.2) is 4.98 Å². The van der Waals surface area contributed by atoms with E-state index in [0.717, 1.165) is 34.0 Å². The van der Waals surface area contributed by atoms with Crippen molar-refractivity contribution in [1.29, 1.82) is 0 Å².